The number of carbonyl (C=O) groups excluding carboxylic acids is 2. The fourth-order valence-electron chi connectivity index (χ4n) is 5.98. The van der Waals surface area contributed by atoms with Crippen molar-refractivity contribution in [1.29, 1.82) is 0 Å². The molecule has 0 aliphatic rings. The highest BCUT2D eigenvalue weighted by atomic mass is 16.6. The summed E-state index contributed by atoms with van der Waals surface area (Å²) in [6.07, 6.45) is 52.1. The Morgan fingerprint density at radius 1 is 0.480 bits per heavy atom. The lowest BCUT2D eigenvalue weighted by molar-refractivity contribution is -0.161. The summed E-state index contributed by atoms with van der Waals surface area (Å²) >= 11 is 0. The third-order valence-corrected chi connectivity index (χ3v) is 9.15. The van der Waals surface area contributed by atoms with Crippen molar-refractivity contribution in [2.45, 2.75) is 213 Å². The molecule has 0 aromatic carbocycles. The minimum absolute atomic E-state index is 0.0929. The lowest BCUT2D eigenvalue weighted by Gasteiger charge is -2.15. The van der Waals surface area contributed by atoms with E-state index in [1.807, 2.05) is 12.2 Å². The van der Waals surface area contributed by atoms with Crippen molar-refractivity contribution >= 4 is 11.9 Å². The van der Waals surface area contributed by atoms with Crippen LogP contribution in [0.4, 0.5) is 0 Å². The summed E-state index contributed by atoms with van der Waals surface area (Å²) in [5.74, 6) is -0.680. The second-order valence-electron chi connectivity index (χ2n) is 14.0. The zero-order chi connectivity index (χ0) is 36.4. The average molecular weight is 701 g/mol. The van der Waals surface area contributed by atoms with Crippen LogP contribution in [0, 0.1) is 0 Å². The van der Waals surface area contributed by atoms with Gasteiger partial charge >= 0.3 is 11.9 Å². The van der Waals surface area contributed by atoms with Crippen LogP contribution in [0.5, 0.6) is 0 Å². The van der Waals surface area contributed by atoms with Crippen LogP contribution in [-0.4, -0.2) is 36.4 Å². The van der Waals surface area contributed by atoms with Gasteiger partial charge in [-0.3, -0.25) is 9.59 Å². The molecule has 0 fully saturated rings. The maximum Gasteiger partial charge on any atom is 0.306 e. The molecule has 0 spiro atoms. The molecule has 5 nitrogen and oxygen atoms in total. The number of hydrogen-bond donors (Lipinski definition) is 1. The first kappa shape index (κ1) is 47.9. The number of rotatable bonds is 38. The van der Waals surface area contributed by atoms with Crippen molar-refractivity contribution in [3.8, 4) is 0 Å². The van der Waals surface area contributed by atoms with E-state index in [4.69, 9.17) is 9.47 Å². The third kappa shape index (κ3) is 38.7. The monoisotopic (exact) mass is 701 g/mol. The van der Waals surface area contributed by atoms with Gasteiger partial charge in [0.15, 0.2) is 6.10 Å². The van der Waals surface area contributed by atoms with Crippen LogP contribution in [0.25, 0.3) is 0 Å². The van der Waals surface area contributed by atoms with Gasteiger partial charge < -0.3 is 14.6 Å². The first-order valence-corrected chi connectivity index (χ1v) is 21.2. The Balaban J connectivity index is 3.53. The maximum absolute atomic E-state index is 12.1. The van der Waals surface area contributed by atoms with E-state index in [0.29, 0.717) is 12.8 Å². The van der Waals surface area contributed by atoms with Crippen LogP contribution in [0.1, 0.15) is 206 Å². The van der Waals surface area contributed by atoms with Gasteiger partial charge in [0.25, 0.3) is 0 Å². The van der Waals surface area contributed by atoms with E-state index in [2.05, 4.69) is 50.3 Å². The Hall–Kier alpha value is -2.14. The van der Waals surface area contributed by atoms with E-state index in [1.165, 1.54) is 128 Å². The van der Waals surface area contributed by atoms with Gasteiger partial charge in [0, 0.05) is 12.8 Å². The zero-order valence-corrected chi connectivity index (χ0v) is 32.9. The minimum Gasteiger partial charge on any atom is -0.462 e. The molecular weight excluding hydrogens is 620 g/mol. The summed E-state index contributed by atoms with van der Waals surface area (Å²) in [5.41, 5.74) is 0. The molecule has 0 saturated heterocycles. The quantitative estimate of drug-likeness (QED) is 0.0394. The van der Waals surface area contributed by atoms with Gasteiger partial charge in [-0.05, 0) is 38.5 Å². The number of unbranched alkanes of at least 4 members (excludes halogenated alkanes) is 22. The minimum atomic E-state index is -0.807. The van der Waals surface area contributed by atoms with E-state index >= 15 is 0 Å². The molecular formula is C45H80O5. The summed E-state index contributed by atoms with van der Waals surface area (Å²) < 4.78 is 10.5. The average Bonchev–Trinajstić information content (AvgIpc) is 3.12. The number of allylic oxidation sites excluding steroid dienone is 8. The molecule has 0 aromatic heterocycles. The molecule has 1 N–H and O–H groups in total. The summed E-state index contributed by atoms with van der Waals surface area (Å²) in [7, 11) is 0. The molecule has 0 saturated carbocycles. The number of aliphatic hydroxyl groups excluding tert-OH is 1. The highest BCUT2D eigenvalue weighted by Gasteiger charge is 2.15. The van der Waals surface area contributed by atoms with E-state index < -0.39 is 12.1 Å². The predicted molar refractivity (Wildman–Crippen MR) is 214 cm³/mol. The van der Waals surface area contributed by atoms with E-state index in [9.17, 15) is 14.7 Å². The number of aliphatic hydroxyl groups is 1. The molecule has 0 aliphatic heterocycles. The van der Waals surface area contributed by atoms with Crippen molar-refractivity contribution in [1.82, 2.24) is 0 Å². The molecule has 1 atom stereocenters. The van der Waals surface area contributed by atoms with Crippen molar-refractivity contribution in [3.63, 3.8) is 0 Å². The van der Waals surface area contributed by atoms with Crippen LogP contribution in [0.3, 0.4) is 0 Å². The molecule has 50 heavy (non-hydrogen) atoms. The molecule has 5 heteroatoms. The van der Waals surface area contributed by atoms with E-state index in [0.717, 1.165) is 44.9 Å². The Morgan fingerprint density at radius 3 is 1.26 bits per heavy atom. The topological polar surface area (TPSA) is 72.8 Å². The van der Waals surface area contributed by atoms with E-state index in [1.54, 1.807) is 0 Å². The van der Waals surface area contributed by atoms with E-state index in [-0.39, 0.29) is 25.6 Å². The Bertz CT molecular complexity index is 842. The van der Waals surface area contributed by atoms with Gasteiger partial charge in [0.2, 0.25) is 0 Å². The molecule has 0 aromatic rings. The van der Waals surface area contributed by atoms with Gasteiger partial charge in [-0.25, -0.2) is 0 Å². The van der Waals surface area contributed by atoms with Gasteiger partial charge in [0.1, 0.15) is 6.61 Å². The number of esters is 2. The molecule has 290 valence electrons. The normalized spacial score (nSPS) is 12.6. The number of carbonyl (C=O) groups is 2. The van der Waals surface area contributed by atoms with Crippen LogP contribution in [0.15, 0.2) is 48.6 Å². The fourth-order valence-corrected chi connectivity index (χ4v) is 5.98. The van der Waals surface area contributed by atoms with Gasteiger partial charge in [-0.1, -0.05) is 204 Å². The first-order valence-electron chi connectivity index (χ1n) is 21.2. The van der Waals surface area contributed by atoms with Crippen molar-refractivity contribution in [2.75, 3.05) is 13.2 Å². The summed E-state index contributed by atoms with van der Waals surface area (Å²) in [6, 6.07) is 0. The molecule has 0 rings (SSSR count). The molecule has 0 amide bonds. The summed E-state index contributed by atoms with van der Waals surface area (Å²) in [6.45, 7) is 3.97. The Labute approximate surface area is 309 Å². The van der Waals surface area contributed by atoms with Crippen LogP contribution < -0.4 is 0 Å². The molecule has 0 radical (unpaired) electrons. The molecule has 1 unspecified atom stereocenters. The van der Waals surface area contributed by atoms with Gasteiger partial charge in [-0.2, -0.15) is 0 Å². The van der Waals surface area contributed by atoms with Crippen molar-refractivity contribution < 1.29 is 24.2 Å². The lowest BCUT2D eigenvalue weighted by Crippen LogP contribution is -2.28. The second-order valence-corrected chi connectivity index (χ2v) is 14.0. The molecule has 0 aliphatic carbocycles. The smallest absolute Gasteiger partial charge is 0.306 e. The fraction of sp³-hybridized carbons (Fsp3) is 0.778. The predicted octanol–water partition coefficient (Wildman–Crippen LogP) is 13.4. The van der Waals surface area contributed by atoms with Crippen molar-refractivity contribution in [3.05, 3.63) is 48.6 Å². The number of hydrogen-bond acceptors (Lipinski definition) is 5. The summed E-state index contributed by atoms with van der Waals surface area (Å²) in [5, 5.41) is 9.54. The molecule has 0 bridgehead atoms. The highest BCUT2D eigenvalue weighted by Crippen LogP contribution is 2.16. The van der Waals surface area contributed by atoms with Gasteiger partial charge in [0.05, 0.1) is 6.61 Å². The van der Waals surface area contributed by atoms with Crippen LogP contribution in [-0.2, 0) is 19.1 Å². The lowest BCUT2D eigenvalue weighted by atomic mass is 10.0. The van der Waals surface area contributed by atoms with Crippen LogP contribution >= 0.6 is 0 Å². The first-order chi connectivity index (χ1) is 24.6. The largest absolute Gasteiger partial charge is 0.462 e. The SMILES string of the molecule is CC/C=C\C/C=C\C/C=C\C/C=C\CCC(=O)OC(CO)COC(=O)CCCCCCCCCCCCCCCCCCCCCCCCC. The highest BCUT2D eigenvalue weighted by molar-refractivity contribution is 5.70. The summed E-state index contributed by atoms with van der Waals surface area (Å²) in [4.78, 5) is 24.2. The van der Waals surface area contributed by atoms with Crippen molar-refractivity contribution in [2.24, 2.45) is 0 Å². The third-order valence-electron chi connectivity index (χ3n) is 9.15. The number of ether oxygens (including phenoxy) is 2. The Morgan fingerprint density at radius 2 is 0.860 bits per heavy atom. The molecule has 0 heterocycles. The van der Waals surface area contributed by atoms with Crippen LogP contribution in [0.2, 0.25) is 0 Å². The van der Waals surface area contributed by atoms with Gasteiger partial charge in [-0.15, -0.1) is 0 Å². The second kappa shape index (κ2) is 41.3. The standard InChI is InChI=1S/C45H80O5/c1-3-5-7-9-11-13-15-17-18-19-20-21-22-23-24-25-26-28-29-31-33-35-37-39-44(47)49-42-43(41-46)50-45(48)40-38-36-34-32-30-27-16-14-12-10-8-6-4-2/h6,8,12,14,27,30,34,36,43,46H,3-5,7,9-11,13,15-26,28-29,31-33,35,37-42H2,1-2H3/b8-6-,14-12-,30-27-,36-34-. The Kier molecular flexibility index (Phi) is 39.5. The zero-order valence-electron chi connectivity index (χ0n) is 32.9. The maximum atomic E-state index is 12.1.